The van der Waals surface area contributed by atoms with Gasteiger partial charge in [-0.05, 0) is 65.4 Å². The number of hydrogen-bond acceptors (Lipinski definition) is 5. The molecule has 8 heteroatoms. The third kappa shape index (κ3) is 2.91. The molecule has 0 amide bonds. The standard InChI is InChI=1S/C16H16F2N6/c17-13-2-1-12(10-14(13)18)9-11-5-7-23(8-6-11)16-4-3-15-19-21-22-24(15)20-16/h1-4,10-11H,5-9H2. The molecule has 0 aliphatic carbocycles. The van der Waals surface area contributed by atoms with Gasteiger partial charge in [-0.1, -0.05) is 6.07 Å². The van der Waals surface area contributed by atoms with Crippen LogP contribution in [0.25, 0.3) is 5.65 Å². The molecule has 0 bridgehead atoms. The summed E-state index contributed by atoms with van der Waals surface area (Å²) in [5, 5.41) is 15.6. The van der Waals surface area contributed by atoms with Crippen LogP contribution in [0.2, 0.25) is 0 Å². The summed E-state index contributed by atoms with van der Waals surface area (Å²) < 4.78 is 27.7. The minimum absolute atomic E-state index is 0.461. The van der Waals surface area contributed by atoms with Gasteiger partial charge in [0.1, 0.15) is 0 Å². The van der Waals surface area contributed by atoms with Crippen molar-refractivity contribution >= 4 is 11.5 Å². The number of halogens is 2. The Labute approximate surface area is 137 Å². The SMILES string of the molecule is Fc1ccc(CC2CCN(c3ccc4nnnn4n3)CC2)cc1F. The van der Waals surface area contributed by atoms with Crippen LogP contribution in [-0.2, 0) is 6.42 Å². The van der Waals surface area contributed by atoms with Crippen LogP contribution in [0.15, 0.2) is 30.3 Å². The van der Waals surface area contributed by atoms with Crippen LogP contribution in [-0.4, -0.2) is 38.3 Å². The summed E-state index contributed by atoms with van der Waals surface area (Å²) in [4.78, 5) is 2.20. The molecule has 24 heavy (non-hydrogen) atoms. The van der Waals surface area contributed by atoms with Crippen molar-refractivity contribution in [1.82, 2.24) is 25.3 Å². The first-order valence-corrected chi connectivity index (χ1v) is 7.93. The van der Waals surface area contributed by atoms with E-state index in [-0.39, 0.29) is 0 Å². The molecule has 1 aromatic carbocycles. The molecule has 0 unspecified atom stereocenters. The highest BCUT2D eigenvalue weighted by Crippen LogP contribution is 2.25. The number of piperidine rings is 1. The number of aromatic nitrogens is 5. The number of nitrogens with zero attached hydrogens (tertiary/aromatic N) is 6. The predicted molar refractivity (Wildman–Crippen MR) is 83.6 cm³/mol. The zero-order valence-electron chi connectivity index (χ0n) is 12.9. The molecule has 6 nitrogen and oxygen atoms in total. The molecule has 0 N–H and O–H groups in total. The van der Waals surface area contributed by atoms with Gasteiger partial charge < -0.3 is 4.90 Å². The van der Waals surface area contributed by atoms with Crippen LogP contribution in [0.3, 0.4) is 0 Å². The topological polar surface area (TPSA) is 59.2 Å². The quantitative estimate of drug-likeness (QED) is 0.737. The summed E-state index contributed by atoms with van der Waals surface area (Å²) in [7, 11) is 0. The van der Waals surface area contributed by atoms with Gasteiger partial charge in [-0.15, -0.1) is 14.8 Å². The Morgan fingerprint density at radius 2 is 1.88 bits per heavy atom. The van der Waals surface area contributed by atoms with E-state index >= 15 is 0 Å². The molecule has 0 radical (unpaired) electrons. The van der Waals surface area contributed by atoms with Gasteiger partial charge in [-0.3, -0.25) is 0 Å². The molecule has 1 fully saturated rings. The second-order valence-electron chi connectivity index (χ2n) is 6.10. The van der Waals surface area contributed by atoms with E-state index in [0.717, 1.165) is 43.7 Å². The summed E-state index contributed by atoms with van der Waals surface area (Å²) in [5.74, 6) is -0.259. The van der Waals surface area contributed by atoms with Gasteiger partial charge in [0.05, 0.1) is 0 Å². The highest BCUT2D eigenvalue weighted by atomic mass is 19.2. The van der Waals surface area contributed by atoms with Crippen molar-refractivity contribution < 1.29 is 8.78 Å². The lowest BCUT2D eigenvalue weighted by molar-refractivity contribution is 0.400. The Morgan fingerprint density at radius 1 is 1.04 bits per heavy atom. The molecule has 1 aliphatic heterocycles. The van der Waals surface area contributed by atoms with Crippen LogP contribution in [0.1, 0.15) is 18.4 Å². The summed E-state index contributed by atoms with van der Waals surface area (Å²) in [6, 6.07) is 7.93. The average molecular weight is 330 g/mol. The molecule has 1 saturated heterocycles. The number of hydrogen-bond donors (Lipinski definition) is 0. The van der Waals surface area contributed by atoms with E-state index in [9.17, 15) is 8.78 Å². The average Bonchev–Trinajstić information content (AvgIpc) is 3.06. The molecule has 3 aromatic rings. The van der Waals surface area contributed by atoms with Crippen LogP contribution in [0, 0.1) is 17.6 Å². The van der Waals surface area contributed by atoms with Gasteiger partial charge in [-0.2, -0.15) is 0 Å². The lowest BCUT2D eigenvalue weighted by atomic mass is 9.90. The molecule has 0 saturated carbocycles. The van der Waals surface area contributed by atoms with E-state index in [1.54, 1.807) is 6.07 Å². The number of anilines is 1. The van der Waals surface area contributed by atoms with Gasteiger partial charge in [0.25, 0.3) is 0 Å². The number of rotatable bonds is 3. The number of tetrazole rings is 1. The second-order valence-corrected chi connectivity index (χ2v) is 6.10. The third-order valence-electron chi connectivity index (χ3n) is 4.50. The fourth-order valence-corrected chi connectivity index (χ4v) is 3.17. The Morgan fingerprint density at radius 3 is 2.67 bits per heavy atom. The van der Waals surface area contributed by atoms with E-state index in [2.05, 4.69) is 25.5 Å². The molecule has 2 aromatic heterocycles. The van der Waals surface area contributed by atoms with Crippen LogP contribution in [0.4, 0.5) is 14.6 Å². The fraction of sp³-hybridized carbons (Fsp3) is 0.375. The molecule has 4 rings (SSSR count). The first kappa shape index (κ1) is 14.9. The van der Waals surface area contributed by atoms with Crippen molar-refractivity contribution in [2.45, 2.75) is 19.3 Å². The summed E-state index contributed by atoms with van der Waals surface area (Å²) in [6.45, 7) is 1.74. The molecular formula is C16H16F2N6. The van der Waals surface area contributed by atoms with Crippen molar-refractivity contribution in [2.24, 2.45) is 5.92 Å². The zero-order valence-corrected chi connectivity index (χ0v) is 12.9. The highest BCUT2D eigenvalue weighted by Gasteiger charge is 2.21. The molecule has 3 heterocycles. The van der Waals surface area contributed by atoms with Gasteiger partial charge >= 0.3 is 0 Å². The molecule has 1 aliphatic rings. The smallest absolute Gasteiger partial charge is 0.200 e. The second kappa shape index (κ2) is 6.10. The van der Waals surface area contributed by atoms with Crippen LogP contribution >= 0.6 is 0 Å². The molecule has 0 spiro atoms. The van der Waals surface area contributed by atoms with Crippen molar-refractivity contribution in [1.29, 1.82) is 0 Å². The van der Waals surface area contributed by atoms with Crippen molar-refractivity contribution in [3.8, 4) is 0 Å². The minimum atomic E-state index is -0.794. The van der Waals surface area contributed by atoms with E-state index in [4.69, 9.17) is 0 Å². The van der Waals surface area contributed by atoms with E-state index in [1.165, 1.54) is 16.8 Å². The van der Waals surface area contributed by atoms with Gasteiger partial charge in [0.2, 0.25) is 0 Å². The molecule has 124 valence electrons. The third-order valence-corrected chi connectivity index (χ3v) is 4.50. The maximum Gasteiger partial charge on any atom is 0.200 e. The van der Waals surface area contributed by atoms with E-state index in [1.807, 2.05) is 12.1 Å². The predicted octanol–water partition coefficient (Wildman–Crippen LogP) is 2.26. The number of benzene rings is 1. The zero-order chi connectivity index (χ0) is 16.5. The minimum Gasteiger partial charge on any atom is -0.355 e. The van der Waals surface area contributed by atoms with Gasteiger partial charge in [-0.25, -0.2) is 8.78 Å². The monoisotopic (exact) mass is 330 g/mol. The van der Waals surface area contributed by atoms with Crippen molar-refractivity contribution in [2.75, 3.05) is 18.0 Å². The molecular weight excluding hydrogens is 314 g/mol. The number of fused-ring (bicyclic) bond motifs is 1. The van der Waals surface area contributed by atoms with E-state index < -0.39 is 11.6 Å². The van der Waals surface area contributed by atoms with Crippen LogP contribution < -0.4 is 4.90 Å². The van der Waals surface area contributed by atoms with E-state index in [0.29, 0.717) is 11.6 Å². The Hall–Kier alpha value is -2.64. The Kier molecular flexibility index (Phi) is 3.79. The van der Waals surface area contributed by atoms with Crippen LogP contribution in [0.5, 0.6) is 0 Å². The Bertz CT molecular complexity index is 857. The Balaban J connectivity index is 1.39. The lowest BCUT2D eigenvalue weighted by Crippen LogP contribution is -2.35. The first-order valence-electron chi connectivity index (χ1n) is 7.93. The van der Waals surface area contributed by atoms with Gasteiger partial charge in [0, 0.05) is 13.1 Å². The van der Waals surface area contributed by atoms with Gasteiger partial charge in [0.15, 0.2) is 23.1 Å². The summed E-state index contributed by atoms with van der Waals surface area (Å²) in [6.07, 6.45) is 2.73. The maximum atomic E-state index is 13.3. The summed E-state index contributed by atoms with van der Waals surface area (Å²) >= 11 is 0. The maximum absolute atomic E-state index is 13.3. The van der Waals surface area contributed by atoms with Crippen molar-refractivity contribution in [3.63, 3.8) is 0 Å². The summed E-state index contributed by atoms with van der Waals surface area (Å²) in [5.41, 5.74) is 1.47. The highest BCUT2D eigenvalue weighted by molar-refractivity contribution is 5.44. The first-order chi connectivity index (χ1) is 11.7. The normalized spacial score (nSPS) is 16.0. The molecule has 0 atom stereocenters. The lowest BCUT2D eigenvalue weighted by Gasteiger charge is -2.32. The largest absolute Gasteiger partial charge is 0.355 e. The fourth-order valence-electron chi connectivity index (χ4n) is 3.17. The van der Waals surface area contributed by atoms with Crippen molar-refractivity contribution in [3.05, 3.63) is 47.5 Å².